The lowest BCUT2D eigenvalue weighted by molar-refractivity contribution is -0.161. The minimum Gasteiger partial charge on any atom is -0.458 e. The number of hydrogen-bond acceptors (Lipinski definition) is 4. The third-order valence-corrected chi connectivity index (χ3v) is 5.17. The summed E-state index contributed by atoms with van der Waals surface area (Å²) >= 11 is 0. The quantitative estimate of drug-likeness (QED) is 0.283. The first-order chi connectivity index (χ1) is 15.8. The van der Waals surface area contributed by atoms with Crippen LogP contribution in [0.4, 0.5) is 0 Å². The summed E-state index contributed by atoms with van der Waals surface area (Å²) in [5.74, 6) is -0.286. The average molecular weight is 447 g/mol. The molecule has 3 aromatic carbocycles. The molecule has 4 heteroatoms. The van der Waals surface area contributed by atoms with E-state index in [2.05, 4.69) is 43.3 Å². The van der Waals surface area contributed by atoms with E-state index in [0.29, 0.717) is 13.2 Å². The normalized spacial score (nSPS) is 12.8. The Hall–Kier alpha value is -2.95. The van der Waals surface area contributed by atoms with Gasteiger partial charge in [0.25, 0.3) is 0 Å². The fraction of sp³-hybridized carbons (Fsp3) is 0.345. The Kier molecular flexibility index (Phi) is 8.43. The summed E-state index contributed by atoms with van der Waals surface area (Å²) in [5.41, 5.74) is 1.90. The van der Waals surface area contributed by atoms with Crippen LogP contribution < -0.4 is 0 Å². The molecule has 0 radical (unpaired) electrons. The molecule has 174 valence electrons. The molecule has 0 unspecified atom stereocenters. The third-order valence-electron chi connectivity index (χ3n) is 5.17. The molecule has 4 nitrogen and oxygen atoms in total. The molecule has 3 aromatic rings. The van der Waals surface area contributed by atoms with E-state index in [-0.39, 0.29) is 18.5 Å². The molecule has 0 aliphatic carbocycles. The van der Waals surface area contributed by atoms with E-state index < -0.39 is 11.2 Å². The molecule has 0 saturated heterocycles. The van der Waals surface area contributed by atoms with Gasteiger partial charge in [0.2, 0.25) is 0 Å². The van der Waals surface area contributed by atoms with Crippen molar-refractivity contribution >= 4 is 5.97 Å². The van der Waals surface area contributed by atoms with Crippen molar-refractivity contribution in [1.82, 2.24) is 0 Å². The van der Waals surface area contributed by atoms with Crippen molar-refractivity contribution in [2.24, 2.45) is 5.92 Å². The maximum atomic E-state index is 11.9. The van der Waals surface area contributed by atoms with Gasteiger partial charge in [-0.05, 0) is 37.5 Å². The maximum Gasteiger partial charge on any atom is 0.332 e. The number of esters is 1. The highest BCUT2D eigenvalue weighted by Gasteiger charge is 2.37. The van der Waals surface area contributed by atoms with Gasteiger partial charge in [-0.3, -0.25) is 0 Å². The molecule has 0 heterocycles. The molecule has 0 spiro atoms. The van der Waals surface area contributed by atoms with Crippen LogP contribution in [0, 0.1) is 5.92 Å². The smallest absolute Gasteiger partial charge is 0.332 e. The SMILES string of the molecule is C[C@H](COCC(=O)OC(C)(C)C)COC(c1ccccc1)(c1ccccc1)c1ccccc1. The number of carbonyl (C=O) groups excluding carboxylic acids is 1. The molecule has 3 rings (SSSR count). The predicted octanol–water partition coefficient (Wildman–Crippen LogP) is 5.99. The molecule has 1 atom stereocenters. The molecule has 33 heavy (non-hydrogen) atoms. The van der Waals surface area contributed by atoms with Gasteiger partial charge >= 0.3 is 5.97 Å². The van der Waals surface area contributed by atoms with Crippen LogP contribution in [0.1, 0.15) is 44.4 Å². The summed E-state index contributed by atoms with van der Waals surface area (Å²) in [6, 6.07) is 30.8. The van der Waals surface area contributed by atoms with Gasteiger partial charge in [0.1, 0.15) is 17.8 Å². The highest BCUT2D eigenvalue weighted by atomic mass is 16.6. The van der Waals surface area contributed by atoms with Crippen molar-refractivity contribution in [2.75, 3.05) is 19.8 Å². The zero-order valence-electron chi connectivity index (χ0n) is 20.0. The second-order valence-electron chi connectivity index (χ2n) is 9.30. The fourth-order valence-corrected chi connectivity index (χ4v) is 3.80. The van der Waals surface area contributed by atoms with Gasteiger partial charge in [-0.25, -0.2) is 4.79 Å². The fourth-order valence-electron chi connectivity index (χ4n) is 3.80. The van der Waals surface area contributed by atoms with Gasteiger partial charge in [-0.1, -0.05) is 97.9 Å². The Morgan fingerprint density at radius 3 is 1.55 bits per heavy atom. The second kappa shape index (κ2) is 11.3. The summed E-state index contributed by atoms with van der Waals surface area (Å²) in [4.78, 5) is 11.9. The first kappa shape index (κ1) is 24.7. The van der Waals surface area contributed by atoms with Crippen molar-refractivity contribution in [3.63, 3.8) is 0 Å². The Morgan fingerprint density at radius 1 is 0.727 bits per heavy atom. The van der Waals surface area contributed by atoms with E-state index in [1.807, 2.05) is 75.4 Å². The van der Waals surface area contributed by atoms with Crippen molar-refractivity contribution < 1.29 is 19.0 Å². The minimum atomic E-state index is -0.761. The Bertz CT molecular complexity index is 882. The van der Waals surface area contributed by atoms with Crippen LogP contribution in [-0.2, 0) is 24.6 Å². The summed E-state index contributed by atoms with van der Waals surface area (Å²) in [5, 5.41) is 0. The summed E-state index contributed by atoms with van der Waals surface area (Å²) < 4.78 is 17.7. The standard InChI is InChI=1S/C29H34O4/c1-23(20-31-22-27(30)33-28(2,3)4)21-32-29(24-14-8-5-9-15-24,25-16-10-6-11-17-25)26-18-12-7-13-19-26/h5-19,23H,20-22H2,1-4H3/t23-/m1/s1. The van der Waals surface area contributed by atoms with Crippen LogP contribution in [0.3, 0.4) is 0 Å². The van der Waals surface area contributed by atoms with Crippen LogP contribution in [0.25, 0.3) is 0 Å². The maximum absolute atomic E-state index is 11.9. The highest BCUT2D eigenvalue weighted by molar-refractivity contribution is 5.71. The zero-order chi connectivity index (χ0) is 23.7. The lowest BCUT2D eigenvalue weighted by Gasteiger charge is -2.36. The number of ether oxygens (including phenoxy) is 3. The van der Waals surface area contributed by atoms with Gasteiger partial charge in [0, 0.05) is 5.92 Å². The Morgan fingerprint density at radius 2 is 1.15 bits per heavy atom. The van der Waals surface area contributed by atoms with E-state index in [1.165, 1.54) is 0 Å². The van der Waals surface area contributed by atoms with Crippen molar-refractivity contribution in [3.8, 4) is 0 Å². The minimum absolute atomic E-state index is 0.0667. The number of benzene rings is 3. The first-order valence-corrected chi connectivity index (χ1v) is 11.4. The lowest BCUT2D eigenvalue weighted by atomic mass is 9.80. The summed E-state index contributed by atoms with van der Waals surface area (Å²) in [6.07, 6.45) is 0. The van der Waals surface area contributed by atoms with Crippen LogP contribution in [0.2, 0.25) is 0 Å². The topological polar surface area (TPSA) is 44.8 Å². The van der Waals surface area contributed by atoms with Gasteiger partial charge in [0.15, 0.2) is 0 Å². The number of hydrogen-bond donors (Lipinski definition) is 0. The molecule has 0 aromatic heterocycles. The van der Waals surface area contributed by atoms with Crippen LogP contribution in [0.15, 0.2) is 91.0 Å². The Labute approximate surface area is 197 Å². The molecule has 0 fully saturated rings. The monoisotopic (exact) mass is 446 g/mol. The molecular weight excluding hydrogens is 412 g/mol. The van der Waals surface area contributed by atoms with Gasteiger partial charge in [-0.15, -0.1) is 0 Å². The second-order valence-corrected chi connectivity index (χ2v) is 9.30. The molecule has 0 aliphatic rings. The molecule has 0 N–H and O–H groups in total. The van der Waals surface area contributed by atoms with E-state index in [4.69, 9.17) is 14.2 Å². The molecule has 0 saturated carbocycles. The number of carbonyl (C=O) groups is 1. The van der Waals surface area contributed by atoms with Gasteiger partial charge < -0.3 is 14.2 Å². The third kappa shape index (κ3) is 6.77. The van der Waals surface area contributed by atoms with E-state index in [0.717, 1.165) is 16.7 Å². The van der Waals surface area contributed by atoms with Crippen LogP contribution in [-0.4, -0.2) is 31.4 Å². The van der Waals surface area contributed by atoms with Crippen molar-refractivity contribution in [1.29, 1.82) is 0 Å². The molecule has 0 amide bonds. The molecular formula is C29H34O4. The van der Waals surface area contributed by atoms with E-state index in [9.17, 15) is 4.79 Å². The summed E-state index contributed by atoms with van der Waals surface area (Å²) in [7, 11) is 0. The zero-order valence-corrected chi connectivity index (χ0v) is 20.0. The lowest BCUT2D eigenvalue weighted by Crippen LogP contribution is -2.35. The van der Waals surface area contributed by atoms with E-state index >= 15 is 0 Å². The predicted molar refractivity (Wildman–Crippen MR) is 131 cm³/mol. The van der Waals surface area contributed by atoms with Gasteiger partial charge in [-0.2, -0.15) is 0 Å². The van der Waals surface area contributed by atoms with Crippen LogP contribution in [0.5, 0.6) is 0 Å². The number of rotatable bonds is 10. The molecule has 0 bridgehead atoms. The average Bonchev–Trinajstić information content (AvgIpc) is 2.80. The van der Waals surface area contributed by atoms with Crippen LogP contribution >= 0.6 is 0 Å². The Balaban J connectivity index is 1.80. The largest absolute Gasteiger partial charge is 0.458 e. The highest BCUT2D eigenvalue weighted by Crippen LogP contribution is 2.40. The van der Waals surface area contributed by atoms with E-state index in [1.54, 1.807) is 0 Å². The van der Waals surface area contributed by atoms with Crippen molar-refractivity contribution in [3.05, 3.63) is 108 Å². The molecule has 0 aliphatic heterocycles. The van der Waals surface area contributed by atoms with Crippen molar-refractivity contribution in [2.45, 2.75) is 38.9 Å². The van der Waals surface area contributed by atoms with Gasteiger partial charge in [0.05, 0.1) is 13.2 Å². The first-order valence-electron chi connectivity index (χ1n) is 11.4. The summed E-state index contributed by atoms with van der Waals surface area (Å²) in [6.45, 7) is 8.37.